The summed E-state index contributed by atoms with van der Waals surface area (Å²) in [5, 5.41) is 2.92. The van der Waals surface area contributed by atoms with Crippen LogP contribution >= 0.6 is 0 Å². The average Bonchev–Trinajstić information content (AvgIpc) is 3.13. The van der Waals surface area contributed by atoms with Gasteiger partial charge in [0.15, 0.2) is 0 Å². The van der Waals surface area contributed by atoms with Crippen LogP contribution in [0.25, 0.3) is 0 Å². The first-order chi connectivity index (χ1) is 8.99. The van der Waals surface area contributed by atoms with Gasteiger partial charge >= 0.3 is 0 Å². The molecule has 1 saturated carbocycles. The number of carbonyl (C=O) groups excluding carboxylic acids is 2. The van der Waals surface area contributed by atoms with Crippen LogP contribution in [-0.4, -0.2) is 35.3 Å². The van der Waals surface area contributed by atoms with E-state index in [-0.39, 0.29) is 23.9 Å². The van der Waals surface area contributed by atoms with Gasteiger partial charge in [0.2, 0.25) is 11.8 Å². The van der Waals surface area contributed by atoms with E-state index in [1.54, 1.807) is 0 Å². The second-order valence-electron chi connectivity index (χ2n) is 6.50. The molecule has 0 aromatic carbocycles. The van der Waals surface area contributed by atoms with Gasteiger partial charge in [-0.05, 0) is 44.4 Å². The summed E-state index contributed by atoms with van der Waals surface area (Å²) in [7, 11) is 0. The molecule has 108 valence electrons. The summed E-state index contributed by atoms with van der Waals surface area (Å²) >= 11 is 0. The number of rotatable bonds is 5. The smallest absolute Gasteiger partial charge is 0.245 e. The first-order valence-corrected chi connectivity index (χ1v) is 7.59. The molecule has 1 saturated heterocycles. The van der Waals surface area contributed by atoms with Crippen molar-refractivity contribution < 1.29 is 9.59 Å². The SMILES string of the molecule is CC(C)CCCN1C(=O)C(C2CC2)NC(=O)CC1C. The minimum Gasteiger partial charge on any atom is -0.344 e. The van der Waals surface area contributed by atoms with Crippen LogP contribution in [0.1, 0.15) is 52.9 Å². The summed E-state index contributed by atoms with van der Waals surface area (Å²) in [5.74, 6) is 1.22. The molecule has 4 nitrogen and oxygen atoms in total. The fourth-order valence-electron chi connectivity index (χ4n) is 2.82. The quantitative estimate of drug-likeness (QED) is 0.826. The van der Waals surface area contributed by atoms with Crippen molar-refractivity contribution in [3.8, 4) is 0 Å². The normalized spacial score (nSPS) is 28.5. The highest BCUT2D eigenvalue weighted by Gasteiger charge is 2.42. The fraction of sp³-hybridized carbons (Fsp3) is 0.867. The van der Waals surface area contributed by atoms with E-state index in [0.717, 1.165) is 32.2 Å². The van der Waals surface area contributed by atoms with Gasteiger partial charge in [-0.1, -0.05) is 13.8 Å². The van der Waals surface area contributed by atoms with E-state index < -0.39 is 0 Å². The molecule has 0 radical (unpaired) electrons. The minimum absolute atomic E-state index is 0.0309. The molecule has 0 aromatic heterocycles. The first kappa shape index (κ1) is 14.4. The lowest BCUT2D eigenvalue weighted by molar-refractivity contribution is -0.135. The minimum atomic E-state index is -0.253. The molecule has 19 heavy (non-hydrogen) atoms. The molecular formula is C15H26N2O2. The zero-order valence-corrected chi connectivity index (χ0v) is 12.3. The average molecular weight is 266 g/mol. The van der Waals surface area contributed by atoms with Gasteiger partial charge in [-0.3, -0.25) is 9.59 Å². The van der Waals surface area contributed by atoms with Crippen LogP contribution in [-0.2, 0) is 9.59 Å². The van der Waals surface area contributed by atoms with Gasteiger partial charge in [-0.15, -0.1) is 0 Å². The highest BCUT2D eigenvalue weighted by atomic mass is 16.2. The van der Waals surface area contributed by atoms with Gasteiger partial charge in [0.1, 0.15) is 6.04 Å². The van der Waals surface area contributed by atoms with Crippen molar-refractivity contribution in [1.29, 1.82) is 0 Å². The van der Waals surface area contributed by atoms with Crippen molar-refractivity contribution in [3.05, 3.63) is 0 Å². The summed E-state index contributed by atoms with van der Waals surface area (Å²) in [6.07, 6.45) is 4.75. The molecular weight excluding hydrogens is 240 g/mol. The Labute approximate surface area is 115 Å². The molecule has 1 aliphatic heterocycles. The van der Waals surface area contributed by atoms with Gasteiger partial charge in [0.25, 0.3) is 0 Å². The van der Waals surface area contributed by atoms with E-state index in [0.29, 0.717) is 18.3 Å². The highest BCUT2D eigenvalue weighted by molar-refractivity contribution is 5.91. The van der Waals surface area contributed by atoms with Crippen LogP contribution in [0.4, 0.5) is 0 Å². The lowest BCUT2D eigenvalue weighted by Crippen LogP contribution is -2.47. The Bertz CT molecular complexity index is 350. The summed E-state index contributed by atoms with van der Waals surface area (Å²) < 4.78 is 0. The molecule has 0 bridgehead atoms. The van der Waals surface area contributed by atoms with E-state index in [1.807, 2.05) is 11.8 Å². The van der Waals surface area contributed by atoms with Crippen LogP contribution in [0.5, 0.6) is 0 Å². The lowest BCUT2D eigenvalue weighted by Gasteiger charge is -2.29. The van der Waals surface area contributed by atoms with Gasteiger partial charge in [0, 0.05) is 19.0 Å². The Balaban J connectivity index is 2.00. The van der Waals surface area contributed by atoms with Crippen LogP contribution < -0.4 is 5.32 Å². The Hall–Kier alpha value is -1.06. The Morgan fingerprint density at radius 3 is 2.58 bits per heavy atom. The summed E-state index contributed by atoms with van der Waals surface area (Å²) in [6, 6.07) is -0.222. The molecule has 2 atom stereocenters. The van der Waals surface area contributed by atoms with Crippen LogP contribution in [0.15, 0.2) is 0 Å². The largest absolute Gasteiger partial charge is 0.344 e. The fourth-order valence-corrected chi connectivity index (χ4v) is 2.82. The zero-order chi connectivity index (χ0) is 14.0. The summed E-state index contributed by atoms with van der Waals surface area (Å²) in [5.41, 5.74) is 0. The van der Waals surface area contributed by atoms with Gasteiger partial charge in [0.05, 0.1) is 0 Å². The Kier molecular flexibility index (Phi) is 4.48. The molecule has 2 fully saturated rings. The number of hydrogen-bond donors (Lipinski definition) is 1. The van der Waals surface area contributed by atoms with E-state index in [9.17, 15) is 9.59 Å². The Morgan fingerprint density at radius 2 is 2.00 bits per heavy atom. The molecule has 1 aliphatic carbocycles. The van der Waals surface area contributed by atoms with Crippen molar-refractivity contribution >= 4 is 11.8 Å². The van der Waals surface area contributed by atoms with Crippen molar-refractivity contribution in [1.82, 2.24) is 10.2 Å². The van der Waals surface area contributed by atoms with Crippen molar-refractivity contribution in [3.63, 3.8) is 0 Å². The molecule has 2 aliphatic rings. The lowest BCUT2D eigenvalue weighted by atomic mass is 10.1. The van der Waals surface area contributed by atoms with E-state index >= 15 is 0 Å². The number of amides is 2. The molecule has 0 aromatic rings. The molecule has 0 spiro atoms. The van der Waals surface area contributed by atoms with Gasteiger partial charge < -0.3 is 10.2 Å². The zero-order valence-electron chi connectivity index (χ0n) is 12.3. The predicted molar refractivity (Wildman–Crippen MR) is 74.5 cm³/mol. The molecule has 4 heteroatoms. The maximum atomic E-state index is 12.6. The Morgan fingerprint density at radius 1 is 1.32 bits per heavy atom. The maximum Gasteiger partial charge on any atom is 0.245 e. The van der Waals surface area contributed by atoms with Gasteiger partial charge in [-0.2, -0.15) is 0 Å². The van der Waals surface area contributed by atoms with Crippen LogP contribution in [0.3, 0.4) is 0 Å². The van der Waals surface area contributed by atoms with Gasteiger partial charge in [-0.25, -0.2) is 0 Å². The first-order valence-electron chi connectivity index (χ1n) is 7.59. The summed E-state index contributed by atoms with van der Waals surface area (Å²) in [4.78, 5) is 26.3. The summed E-state index contributed by atoms with van der Waals surface area (Å²) in [6.45, 7) is 7.18. The van der Waals surface area contributed by atoms with Crippen LogP contribution in [0, 0.1) is 11.8 Å². The standard InChI is InChI=1S/C15H26N2O2/c1-10(2)5-4-8-17-11(3)9-13(18)16-14(15(17)19)12-6-7-12/h10-12,14H,4-9H2,1-3H3,(H,16,18). The number of carbonyl (C=O) groups is 2. The predicted octanol–water partition coefficient (Wildman–Crippen LogP) is 1.94. The molecule has 2 rings (SSSR count). The second-order valence-corrected chi connectivity index (χ2v) is 6.50. The molecule has 2 amide bonds. The molecule has 1 N–H and O–H groups in total. The molecule has 2 unspecified atom stereocenters. The van der Waals surface area contributed by atoms with E-state index in [4.69, 9.17) is 0 Å². The van der Waals surface area contributed by atoms with Crippen molar-refractivity contribution in [2.24, 2.45) is 11.8 Å². The third-order valence-corrected chi connectivity index (χ3v) is 4.15. The third-order valence-electron chi connectivity index (χ3n) is 4.15. The highest BCUT2D eigenvalue weighted by Crippen LogP contribution is 2.34. The molecule has 1 heterocycles. The van der Waals surface area contributed by atoms with E-state index in [2.05, 4.69) is 19.2 Å². The van der Waals surface area contributed by atoms with Crippen molar-refractivity contribution in [2.75, 3.05) is 6.54 Å². The second kappa shape index (κ2) is 5.93. The number of nitrogens with zero attached hydrogens (tertiary/aromatic N) is 1. The van der Waals surface area contributed by atoms with Crippen molar-refractivity contribution in [2.45, 2.75) is 65.0 Å². The maximum absolute atomic E-state index is 12.6. The third kappa shape index (κ3) is 3.71. The number of hydrogen-bond acceptors (Lipinski definition) is 2. The van der Waals surface area contributed by atoms with E-state index in [1.165, 1.54) is 0 Å². The van der Waals surface area contributed by atoms with Crippen LogP contribution in [0.2, 0.25) is 0 Å². The topological polar surface area (TPSA) is 49.4 Å². The monoisotopic (exact) mass is 266 g/mol. The number of nitrogens with one attached hydrogen (secondary N) is 1.